The molecule has 0 aliphatic heterocycles. The summed E-state index contributed by atoms with van der Waals surface area (Å²) in [4.78, 5) is 14.0. The smallest absolute Gasteiger partial charge is 0.274 e. The number of hydrogen-bond donors (Lipinski definition) is 1. The molecular weight excluding hydrogens is 333 g/mol. The van der Waals surface area contributed by atoms with Crippen LogP contribution in [-0.4, -0.2) is 19.3 Å². The second-order valence-corrected chi connectivity index (χ2v) is 6.84. The zero-order chi connectivity index (χ0) is 16.0. The fourth-order valence-electron chi connectivity index (χ4n) is 1.73. The number of nitrogens with one attached hydrogen (secondary N) is 1. The van der Waals surface area contributed by atoms with Crippen LogP contribution in [0.3, 0.4) is 0 Å². The van der Waals surface area contributed by atoms with Crippen LogP contribution < -0.4 is 4.72 Å². The van der Waals surface area contributed by atoms with Gasteiger partial charge in [-0.15, -0.1) is 0 Å². The van der Waals surface area contributed by atoms with E-state index in [1.807, 2.05) is 0 Å². The molecule has 1 aliphatic rings. The van der Waals surface area contributed by atoms with E-state index in [1.165, 1.54) is 0 Å². The lowest BCUT2D eigenvalue weighted by Gasteiger charge is -2.11. The van der Waals surface area contributed by atoms with E-state index in [2.05, 4.69) is 4.98 Å². The van der Waals surface area contributed by atoms with Gasteiger partial charge in [-0.2, -0.15) is 13.2 Å². The van der Waals surface area contributed by atoms with E-state index < -0.39 is 43.6 Å². The number of hydrogen-bond acceptors (Lipinski definition) is 4. The molecule has 0 spiro atoms. The van der Waals surface area contributed by atoms with Crippen molar-refractivity contribution in [1.29, 1.82) is 0 Å². The van der Waals surface area contributed by atoms with Gasteiger partial charge in [-0.1, -0.05) is 18.5 Å². The first kappa shape index (κ1) is 16.0. The Hall–Kier alpha value is -1.35. The summed E-state index contributed by atoms with van der Waals surface area (Å²) in [5.74, 6) is -1.09. The van der Waals surface area contributed by atoms with E-state index in [9.17, 15) is 26.4 Å². The monoisotopic (exact) mass is 342 g/mol. The van der Waals surface area contributed by atoms with Crippen LogP contribution in [0.4, 0.5) is 13.2 Å². The molecule has 10 heteroatoms. The Balaban J connectivity index is 2.30. The predicted molar refractivity (Wildman–Crippen MR) is 66.8 cm³/mol. The molecule has 0 radical (unpaired) electrons. The summed E-state index contributed by atoms with van der Waals surface area (Å²) in [5, 5.41) is -0.858. The zero-order valence-electron chi connectivity index (χ0n) is 10.6. The van der Waals surface area contributed by atoms with E-state index in [4.69, 9.17) is 11.6 Å². The maximum absolute atomic E-state index is 12.7. The normalized spacial score (nSPS) is 22.0. The summed E-state index contributed by atoms with van der Waals surface area (Å²) in [5.41, 5.74) is -1.38. The molecule has 21 heavy (non-hydrogen) atoms. The molecule has 0 bridgehead atoms. The number of carbonyl (C=O) groups is 1. The van der Waals surface area contributed by atoms with Gasteiger partial charge in [-0.25, -0.2) is 18.1 Å². The molecule has 1 aromatic heterocycles. The average Bonchev–Trinajstić information content (AvgIpc) is 3.04. The van der Waals surface area contributed by atoms with Crippen LogP contribution in [0, 0.1) is 11.8 Å². The van der Waals surface area contributed by atoms with E-state index >= 15 is 0 Å². The summed E-state index contributed by atoms with van der Waals surface area (Å²) in [7, 11) is -4.41. The standard InChI is InChI=1S/C11H10ClF3N2O3S/c1-5-2-7(5)10(18)17-21(19,20)6-3-8(11(13,14)15)9(12)16-4-6/h3-5,7H,2H2,1H3,(H,17,18)/t5-,7-/m0/s1. The predicted octanol–water partition coefficient (Wildman–Crippen LogP) is 2.21. The Kier molecular flexibility index (Phi) is 3.92. The van der Waals surface area contributed by atoms with Crippen molar-refractivity contribution in [3.63, 3.8) is 0 Å². The number of alkyl halides is 3. The molecule has 1 amide bonds. The van der Waals surface area contributed by atoms with Gasteiger partial charge in [0.25, 0.3) is 10.0 Å². The van der Waals surface area contributed by atoms with Crippen molar-refractivity contribution >= 4 is 27.5 Å². The minimum atomic E-state index is -4.84. The maximum atomic E-state index is 12.7. The van der Waals surface area contributed by atoms with E-state index in [0.29, 0.717) is 18.7 Å². The fourth-order valence-corrected chi connectivity index (χ4v) is 2.94. The van der Waals surface area contributed by atoms with Gasteiger partial charge >= 0.3 is 6.18 Å². The van der Waals surface area contributed by atoms with Crippen molar-refractivity contribution in [2.75, 3.05) is 0 Å². The SMILES string of the molecule is C[C@H]1C[C@@H]1C(=O)NS(=O)(=O)c1cnc(Cl)c(C(F)(F)F)c1. The third kappa shape index (κ3) is 3.46. The topological polar surface area (TPSA) is 76.1 Å². The van der Waals surface area contributed by atoms with E-state index in [0.717, 1.165) is 0 Å². The molecule has 2 atom stereocenters. The van der Waals surface area contributed by atoms with Gasteiger partial charge in [0.2, 0.25) is 5.91 Å². The molecule has 1 fully saturated rings. The summed E-state index contributed by atoms with van der Waals surface area (Å²) in [6.45, 7) is 1.77. The van der Waals surface area contributed by atoms with Gasteiger partial charge in [0, 0.05) is 12.1 Å². The highest BCUT2D eigenvalue weighted by Crippen LogP contribution is 2.38. The van der Waals surface area contributed by atoms with Crippen molar-refractivity contribution in [3.05, 3.63) is 23.0 Å². The van der Waals surface area contributed by atoms with Crippen LogP contribution in [0.25, 0.3) is 0 Å². The van der Waals surface area contributed by atoms with Gasteiger partial charge in [0.1, 0.15) is 10.0 Å². The molecule has 0 aromatic carbocycles. The number of halogens is 4. The number of sulfonamides is 1. The van der Waals surface area contributed by atoms with E-state index in [-0.39, 0.29) is 5.92 Å². The highest BCUT2D eigenvalue weighted by atomic mass is 35.5. The van der Waals surface area contributed by atoms with Gasteiger partial charge in [-0.3, -0.25) is 4.79 Å². The Bertz CT molecular complexity index is 690. The van der Waals surface area contributed by atoms with Gasteiger partial charge in [0.15, 0.2) is 0 Å². The summed E-state index contributed by atoms with van der Waals surface area (Å²) in [6, 6.07) is 0.348. The first-order valence-electron chi connectivity index (χ1n) is 5.82. The number of nitrogens with zero attached hydrogens (tertiary/aromatic N) is 1. The van der Waals surface area contributed by atoms with E-state index in [1.54, 1.807) is 11.6 Å². The zero-order valence-corrected chi connectivity index (χ0v) is 12.2. The third-order valence-corrected chi connectivity index (χ3v) is 4.73. The van der Waals surface area contributed by atoms with Crippen molar-refractivity contribution in [3.8, 4) is 0 Å². The van der Waals surface area contributed by atoms with Gasteiger partial charge in [-0.05, 0) is 18.4 Å². The Labute approximate surface area is 123 Å². The summed E-state index contributed by atoms with van der Waals surface area (Å²) < 4.78 is 63.5. The number of aromatic nitrogens is 1. The highest BCUT2D eigenvalue weighted by molar-refractivity contribution is 7.90. The Morgan fingerprint density at radius 3 is 2.52 bits per heavy atom. The Morgan fingerprint density at radius 2 is 2.05 bits per heavy atom. The van der Waals surface area contributed by atoms with Crippen LogP contribution in [0.5, 0.6) is 0 Å². The second-order valence-electron chi connectivity index (χ2n) is 4.80. The molecular formula is C11H10ClF3N2O3S. The third-order valence-electron chi connectivity index (χ3n) is 3.11. The molecule has 1 N–H and O–H groups in total. The molecule has 5 nitrogen and oxygen atoms in total. The minimum Gasteiger partial charge on any atom is -0.274 e. The lowest BCUT2D eigenvalue weighted by atomic mass is 10.3. The molecule has 0 unspecified atom stereocenters. The number of pyridine rings is 1. The molecule has 2 rings (SSSR count). The lowest BCUT2D eigenvalue weighted by molar-refractivity contribution is -0.137. The van der Waals surface area contributed by atoms with Gasteiger partial charge in [0.05, 0.1) is 5.56 Å². The van der Waals surface area contributed by atoms with Crippen LogP contribution in [0.1, 0.15) is 18.9 Å². The molecule has 116 valence electrons. The molecule has 1 heterocycles. The number of rotatable bonds is 3. The lowest BCUT2D eigenvalue weighted by Crippen LogP contribution is -2.32. The van der Waals surface area contributed by atoms with Crippen LogP contribution >= 0.6 is 11.6 Å². The summed E-state index contributed by atoms with van der Waals surface area (Å²) in [6.07, 6.45) is -3.62. The largest absolute Gasteiger partial charge is 0.419 e. The van der Waals surface area contributed by atoms with Crippen molar-refractivity contribution in [1.82, 2.24) is 9.71 Å². The quantitative estimate of drug-likeness (QED) is 0.854. The van der Waals surface area contributed by atoms with Crippen molar-refractivity contribution in [2.24, 2.45) is 11.8 Å². The number of amides is 1. The first-order chi connectivity index (χ1) is 9.52. The fraction of sp³-hybridized carbons (Fsp3) is 0.455. The van der Waals surface area contributed by atoms with Crippen LogP contribution in [-0.2, 0) is 21.0 Å². The molecule has 0 saturated heterocycles. The number of carbonyl (C=O) groups excluding carboxylic acids is 1. The second kappa shape index (κ2) is 5.13. The molecule has 1 aromatic rings. The maximum Gasteiger partial charge on any atom is 0.419 e. The molecule has 1 aliphatic carbocycles. The average molecular weight is 343 g/mol. The van der Waals surface area contributed by atoms with Crippen molar-refractivity contribution in [2.45, 2.75) is 24.4 Å². The minimum absolute atomic E-state index is 0.0641. The highest BCUT2D eigenvalue weighted by Gasteiger charge is 2.41. The summed E-state index contributed by atoms with van der Waals surface area (Å²) >= 11 is 5.30. The van der Waals surface area contributed by atoms with Crippen LogP contribution in [0.15, 0.2) is 17.2 Å². The first-order valence-corrected chi connectivity index (χ1v) is 7.68. The van der Waals surface area contributed by atoms with Crippen molar-refractivity contribution < 1.29 is 26.4 Å². The van der Waals surface area contributed by atoms with Gasteiger partial charge < -0.3 is 0 Å². The molecule has 1 saturated carbocycles. The van der Waals surface area contributed by atoms with Crippen LogP contribution in [0.2, 0.25) is 5.15 Å². The Morgan fingerprint density at radius 1 is 1.48 bits per heavy atom.